The summed E-state index contributed by atoms with van der Waals surface area (Å²) >= 11 is 0. The molecule has 0 unspecified atom stereocenters. The molecule has 2 heteroatoms. The SMILES string of the molecule is C1=C\N=N/CC/C=C/1. The molecule has 0 saturated carbocycles. The van der Waals surface area contributed by atoms with Crippen LogP contribution in [-0.4, -0.2) is 6.54 Å². The molecule has 1 rings (SSSR count). The van der Waals surface area contributed by atoms with Gasteiger partial charge in [-0.15, -0.1) is 0 Å². The first kappa shape index (κ1) is 5.22. The number of allylic oxidation sites excluding steroid dienone is 2. The van der Waals surface area contributed by atoms with Gasteiger partial charge in [0.15, 0.2) is 0 Å². The summed E-state index contributed by atoms with van der Waals surface area (Å²) in [5.74, 6) is 0. The molecule has 0 saturated heterocycles. The van der Waals surface area contributed by atoms with Gasteiger partial charge >= 0.3 is 0 Å². The predicted molar refractivity (Wildman–Crippen MR) is 32.6 cm³/mol. The Hall–Kier alpha value is -0.920. The Morgan fingerprint density at radius 1 is 1.25 bits per heavy atom. The molecule has 0 atom stereocenters. The third-order valence-corrected chi connectivity index (χ3v) is 0.877. The van der Waals surface area contributed by atoms with Crippen LogP contribution in [0.1, 0.15) is 6.42 Å². The van der Waals surface area contributed by atoms with Gasteiger partial charge in [0, 0.05) is 6.20 Å². The van der Waals surface area contributed by atoms with Crippen molar-refractivity contribution >= 4 is 0 Å². The van der Waals surface area contributed by atoms with E-state index in [0.717, 1.165) is 13.0 Å². The molecule has 0 fully saturated rings. The summed E-state index contributed by atoms with van der Waals surface area (Å²) in [5.41, 5.74) is 0. The van der Waals surface area contributed by atoms with Crippen molar-refractivity contribution in [1.29, 1.82) is 0 Å². The van der Waals surface area contributed by atoms with Gasteiger partial charge in [-0.25, -0.2) is 0 Å². The second-order valence-corrected chi connectivity index (χ2v) is 1.54. The van der Waals surface area contributed by atoms with Crippen LogP contribution in [0.2, 0.25) is 0 Å². The van der Waals surface area contributed by atoms with Crippen LogP contribution in [0, 0.1) is 0 Å². The van der Waals surface area contributed by atoms with E-state index in [0.29, 0.717) is 0 Å². The Bertz CT molecular complexity index is 117. The Labute approximate surface area is 48.6 Å². The molecule has 0 spiro atoms. The molecular formula is C6H8N2. The van der Waals surface area contributed by atoms with Gasteiger partial charge in [-0.2, -0.15) is 10.2 Å². The van der Waals surface area contributed by atoms with Gasteiger partial charge in [0.1, 0.15) is 0 Å². The van der Waals surface area contributed by atoms with E-state index >= 15 is 0 Å². The fraction of sp³-hybridized carbons (Fsp3) is 0.333. The molecule has 0 N–H and O–H groups in total. The molecule has 1 aliphatic rings. The first-order chi connectivity index (χ1) is 4.00. The minimum Gasteiger partial charge on any atom is -0.189 e. The van der Waals surface area contributed by atoms with E-state index in [9.17, 15) is 0 Å². The summed E-state index contributed by atoms with van der Waals surface area (Å²) in [4.78, 5) is 0. The van der Waals surface area contributed by atoms with Gasteiger partial charge in [-0.3, -0.25) is 0 Å². The van der Waals surface area contributed by atoms with Gasteiger partial charge < -0.3 is 0 Å². The summed E-state index contributed by atoms with van der Waals surface area (Å²) in [7, 11) is 0. The number of nitrogens with zero attached hydrogens (tertiary/aromatic N) is 2. The molecule has 0 aromatic carbocycles. The van der Waals surface area contributed by atoms with E-state index in [4.69, 9.17) is 0 Å². The van der Waals surface area contributed by atoms with Crippen LogP contribution in [0.15, 0.2) is 34.7 Å². The molecule has 1 heterocycles. The van der Waals surface area contributed by atoms with Crippen molar-refractivity contribution < 1.29 is 0 Å². The third kappa shape index (κ3) is 1.69. The highest BCUT2D eigenvalue weighted by Crippen LogP contribution is 1.91. The van der Waals surface area contributed by atoms with E-state index in [1.807, 2.05) is 12.2 Å². The zero-order chi connectivity index (χ0) is 5.66. The fourth-order valence-corrected chi connectivity index (χ4v) is 0.500. The van der Waals surface area contributed by atoms with E-state index < -0.39 is 0 Å². The molecule has 2 nitrogen and oxygen atoms in total. The summed E-state index contributed by atoms with van der Waals surface area (Å²) in [5, 5.41) is 7.54. The first-order valence-electron chi connectivity index (χ1n) is 2.68. The Balaban J connectivity index is 2.51. The Morgan fingerprint density at radius 2 is 2.25 bits per heavy atom. The van der Waals surface area contributed by atoms with Crippen molar-refractivity contribution in [3.63, 3.8) is 0 Å². The molecule has 0 aliphatic carbocycles. The minimum absolute atomic E-state index is 0.820. The van der Waals surface area contributed by atoms with E-state index in [2.05, 4.69) is 16.3 Å². The molecule has 0 radical (unpaired) electrons. The van der Waals surface area contributed by atoms with Gasteiger partial charge in [-0.05, 0) is 12.5 Å². The predicted octanol–water partition coefficient (Wildman–Crippen LogP) is 1.91. The van der Waals surface area contributed by atoms with Crippen molar-refractivity contribution in [3.8, 4) is 0 Å². The normalized spacial score (nSPS) is 30.0. The van der Waals surface area contributed by atoms with Gasteiger partial charge in [0.2, 0.25) is 0 Å². The fourth-order valence-electron chi connectivity index (χ4n) is 0.500. The highest BCUT2D eigenvalue weighted by molar-refractivity contribution is 5.02. The zero-order valence-corrected chi connectivity index (χ0v) is 4.62. The summed E-state index contributed by atoms with van der Waals surface area (Å²) in [6, 6.07) is 0. The summed E-state index contributed by atoms with van der Waals surface area (Å²) in [6.07, 6.45) is 8.64. The molecule has 42 valence electrons. The molecule has 0 aromatic heterocycles. The van der Waals surface area contributed by atoms with Crippen LogP contribution in [0.4, 0.5) is 0 Å². The van der Waals surface area contributed by atoms with Crippen molar-refractivity contribution in [3.05, 3.63) is 24.4 Å². The maximum Gasteiger partial charge on any atom is 0.0637 e. The van der Waals surface area contributed by atoms with Crippen LogP contribution in [0.25, 0.3) is 0 Å². The second kappa shape index (κ2) is 3.13. The minimum atomic E-state index is 0.820. The van der Waals surface area contributed by atoms with Crippen LogP contribution < -0.4 is 0 Å². The highest BCUT2D eigenvalue weighted by atomic mass is 15.1. The van der Waals surface area contributed by atoms with Gasteiger partial charge in [0.05, 0.1) is 6.54 Å². The Morgan fingerprint density at radius 3 is 3.25 bits per heavy atom. The zero-order valence-electron chi connectivity index (χ0n) is 4.62. The lowest BCUT2D eigenvalue weighted by molar-refractivity contribution is 0.920. The van der Waals surface area contributed by atoms with E-state index in [1.54, 1.807) is 6.20 Å². The summed E-state index contributed by atoms with van der Waals surface area (Å²) < 4.78 is 0. The van der Waals surface area contributed by atoms with Gasteiger partial charge in [-0.1, -0.05) is 12.2 Å². The first-order valence-corrected chi connectivity index (χ1v) is 2.68. The largest absolute Gasteiger partial charge is 0.189 e. The number of rotatable bonds is 0. The lowest BCUT2D eigenvalue weighted by Crippen LogP contribution is -1.74. The molecule has 8 heavy (non-hydrogen) atoms. The molecule has 1 aliphatic heterocycles. The van der Waals surface area contributed by atoms with E-state index in [-0.39, 0.29) is 0 Å². The summed E-state index contributed by atoms with van der Waals surface area (Å²) in [6.45, 7) is 0.820. The molecule has 0 amide bonds. The quantitative estimate of drug-likeness (QED) is 0.453. The van der Waals surface area contributed by atoms with Crippen molar-refractivity contribution in [2.24, 2.45) is 10.2 Å². The van der Waals surface area contributed by atoms with Crippen LogP contribution in [-0.2, 0) is 0 Å². The van der Waals surface area contributed by atoms with Crippen LogP contribution in [0.3, 0.4) is 0 Å². The third-order valence-electron chi connectivity index (χ3n) is 0.877. The van der Waals surface area contributed by atoms with Crippen LogP contribution in [0.5, 0.6) is 0 Å². The van der Waals surface area contributed by atoms with Gasteiger partial charge in [0.25, 0.3) is 0 Å². The molecule has 0 aromatic rings. The second-order valence-electron chi connectivity index (χ2n) is 1.54. The van der Waals surface area contributed by atoms with Crippen molar-refractivity contribution in [2.45, 2.75) is 6.42 Å². The number of hydrogen-bond donors (Lipinski definition) is 0. The molecule has 0 bridgehead atoms. The number of azo groups is 1. The topological polar surface area (TPSA) is 24.7 Å². The standard InChI is InChI=1S/C6H8N2/c1-2-4-6-8-7-5-3-1/h1-3,5H,4,6H2/b2-1+,5-3-,8-7-. The van der Waals surface area contributed by atoms with Crippen molar-refractivity contribution in [1.82, 2.24) is 0 Å². The number of hydrogen-bond acceptors (Lipinski definition) is 2. The molecular weight excluding hydrogens is 100 g/mol. The monoisotopic (exact) mass is 108 g/mol. The smallest absolute Gasteiger partial charge is 0.0637 e. The maximum atomic E-state index is 3.82. The lowest BCUT2D eigenvalue weighted by Gasteiger charge is -1.85. The van der Waals surface area contributed by atoms with Crippen LogP contribution >= 0.6 is 0 Å². The lowest BCUT2D eigenvalue weighted by atomic mass is 10.4. The highest BCUT2D eigenvalue weighted by Gasteiger charge is 1.77. The van der Waals surface area contributed by atoms with Crippen molar-refractivity contribution in [2.75, 3.05) is 6.54 Å². The average Bonchev–Trinajstić information content (AvgIpc) is 1.62. The van der Waals surface area contributed by atoms with E-state index in [1.165, 1.54) is 0 Å². The Kier molecular flexibility index (Phi) is 2.04. The average molecular weight is 108 g/mol. The maximum absolute atomic E-state index is 3.82.